The van der Waals surface area contributed by atoms with Gasteiger partial charge in [-0.2, -0.15) is 0 Å². The van der Waals surface area contributed by atoms with Crippen LogP contribution in [0.25, 0.3) is 0 Å². The summed E-state index contributed by atoms with van der Waals surface area (Å²) in [6.07, 6.45) is 0.608. The van der Waals surface area contributed by atoms with Gasteiger partial charge in [-0.05, 0) is 24.1 Å². The minimum absolute atomic E-state index is 0.608. The smallest absolute Gasteiger partial charge is 0.0919 e. The van der Waals surface area contributed by atoms with Crippen molar-refractivity contribution in [2.45, 2.75) is 18.9 Å². The number of hydrogen-bond acceptors (Lipinski definition) is 1. The van der Waals surface area contributed by atoms with Crippen LogP contribution in [0.3, 0.4) is 0 Å². The Bertz CT molecular complexity index is 491. The molecule has 0 spiro atoms. The lowest BCUT2D eigenvalue weighted by molar-refractivity contribution is 0.0569. The molecule has 1 atom stereocenters. The number of rotatable bonds is 3. The SMILES string of the molecule is C[C@](O)(Cc1ccccc1)c1ccccc1Br. The fourth-order valence-corrected chi connectivity index (χ4v) is 2.70. The van der Waals surface area contributed by atoms with E-state index in [-0.39, 0.29) is 0 Å². The Labute approximate surface area is 110 Å². The molecule has 0 fully saturated rings. The predicted octanol–water partition coefficient (Wildman–Crippen LogP) is 3.90. The molecule has 0 heterocycles. The van der Waals surface area contributed by atoms with Gasteiger partial charge in [-0.25, -0.2) is 0 Å². The molecular formula is C15H15BrO. The van der Waals surface area contributed by atoms with Crippen LogP contribution in [0.4, 0.5) is 0 Å². The highest BCUT2D eigenvalue weighted by Gasteiger charge is 2.25. The zero-order valence-corrected chi connectivity index (χ0v) is 11.3. The van der Waals surface area contributed by atoms with Crippen LogP contribution in [0.15, 0.2) is 59.1 Å². The van der Waals surface area contributed by atoms with Crippen LogP contribution in [0.1, 0.15) is 18.1 Å². The van der Waals surface area contributed by atoms with E-state index in [9.17, 15) is 5.11 Å². The fraction of sp³-hybridized carbons (Fsp3) is 0.200. The summed E-state index contributed by atoms with van der Waals surface area (Å²) >= 11 is 3.49. The van der Waals surface area contributed by atoms with E-state index in [4.69, 9.17) is 0 Å². The van der Waals surface area contributed by atoms with E-state index < -0.39 is 5.60 Å². The Morgan fingerprint density at radius 2 is 1.59 bits per heavy atom. The summed E-state index contributed by atoms with van der Waals surface area (Å²) in [6, 6.07) is 17.8. The van der Waals surface area contributed by atoms with Gasteiger partial charge in [0.05, 0.1) is 5.60 Å². The van der Waals surface area contributed by atoms with E-state index in [2.05, 4.69) is 15.9 Å². The van der Waals surface area contributed by atoms with Gasteiger partial charge in [0.2, 0.25) is 0 Å². The van der Waals surface area contributed by atoms with Crippen LogP contribution in [-0.2, 0) is 12.0 Å². The van der Waals surface area contributed by atoms with E-state index in [0.29, 0.717) is 6.42 Å². The van der Waals surface area contributed by atoms with Crippen molar-refractivity contribution in [1.82, 2.24) is 0 Å². The van der Waals surface area contributed by atoms with Crippen molar-refractivity contribution >= 4 is 15.9 Å². The van der Waals surface area contributed by atoms with Gasteiger partial charge < -0.3 is 5.11 Å². The highest BCUT2D eigenvalue weighted by Crippen LogP contribution is 2.30. The summed E-state index contributed by atoms with van der Waals surface area (Å²) in [5, 5.41) is 10.6. The monoisotopic (exact) mass is 290 g/mol. The summed E-state index contributed by atoms with van der Waals surface area (Å²) in [6.45, 7) is 1.85. The van der Waals surface area contributed by atoms with Gasteiger partial charge in [0.1, 0.15) is 0 Å². The number of hydrogen-bond donors (Lipinski definition) is 1. The van der Waals surface area contributed by atoms with Crippen molar-refractivity contribution in [3.63, 3.8) is 0 Å². The summed E-state index contributed by atoms with van der Waals surface area (Å²) in [7, 11) is 0. The van der Waals surface area contributed by atoms with Gasteiger partial charge in [-0.3, -0.25) is 0 Å². The maximum Gasteiger partial charge on any atom is 0.0919 e. The summed E-state index contributed by atoms with van der Waals surface area (Å²) in [4.78, 5) is 0. The van der Waals surface area contributed by atoms with Crippen molar-refractivity contribution in [3.05, 3.63) is 70.2 Å². The second kappa shape index (κ2) is 5.03. The molecule has 0 unspecified atom stereocenters. The molecule has 0 aliphatic heterocycles. The van der Waals surface area contributed by atoms with Gasteiger partial charge >= 0.3 is 0 Å². The molecular weight excluding hydrogens is 276 g/mol. The molecule has 2 heteroatoms. The molecule has 2 rings (SSSR count). The van der Waals surface area contributed by atoms with E-state index in [0.717, 1.165) is 15.6 Å². The molecule has 0 aliphatic carbocycles. The van der Waals surface area contributed by atoms with Crippen molar-refractivity contribution in [2.24, 2.45) is 0 Å². The summed E-state index contributed by atoms with van der Waals surface area (Å²) in [5.74, 6) is 0. The third kappa shape index (κ3) is 2.96. The maximum atomic E-state index is 10.6. The van der Waals surface area contributed by atoms with Gasteiger partial charge in [0.15, 0.2) is 0 Å². The molecule has 0 saturated heterocycles. The zero-order chi connectivity index (χ0) is 12.3. The second-order valence-electron chi connectivity index (χ2n) is 4.42. The average Bonchev–Trinajstić information content (AvgIpc) is 2.30. The Balaban J connectivity index is 2.28. The first kappa shape index (κ1) is 12.3. The summed E-state index contributed by atoms with van der Waals surface area (Å²) in [5.41, 5.74) is 1.19. The minimum atomic E-state index is -0.860. The maximum absolute atomic E-state index is 10.6. The highest BCUT2D eigenvalue weighted by molar-refractivity contribution is 9.10. The molecule has 88 valence electrons. The van der Waals surface area contributed by atoms with Crippen molar-refractivity contribution in [2.75, 3.05) is 0 Å². The number of aliphatic hydroxyl groups is 1. The first-order valence-electron chi connectivity index (χ1n) is 5.61. The van der Waals surface area contributed by atoms with E-state index in [1.54, 1.807) is 0 Å². The van der Waals surface area contributed by atoms with Crippen LogP contribution in [-0.4, -0.2) is 5.11 Å². The van der Waals surface area contributed by atoms with Crippen LogP contribution >= 0.6 is 15.9 Å². The molecule has 2 aromatic rings. The lowest BCUT2D eigenvalue weighted by Gasteiger charge is -2.25. The van der Waals surface area contributed by atoms with Gasteiger partial charge in [-0.1, -0.05) is 64.5 Å². The Morgan fingerprint density at radius 3 is 2.24 bits per heavy atom. The first-order valence-corrected chi connectivity index (χ1v) is 6.40. The molecule has 1 N–H and O–H groups in total. The molecule has 0 aliphatic rings. The van der Waals surface area contributed by atoms with Crippen LogP contribution in [0, 0.1) is 0 Å². The topological polar surface area (TPSA) is 20.2 Å². The van der Waals surface area contributed by atoms with Crippen molar-refractivity contribution in [1.29, 1.82) is 0 Å². The fourth-order valence-electron chi connectivity index (χ4n) is 1.99. The minimum Gasteiger partial charge on any atom is -0.385 e. The first-order chi connectivity index (χ1) is 8.09. The molecule has 0 amide bonds. The Hall–Kier alpha value is -1.12. The Morgan fingerprint density at radius 1 is 1.00 bits per heavy atom. The third-order valence-corrected chi connectivity index (χ3v) is 3.54. The normalized spacial score (nSPS) is 14.3. The largest absolute Gasteiger partial charge is 0.385 e. The van der Waals surface area contributed by atoms with Crippen LogP contribution in [0.5, 0.6) is 0 Å². The molecule has 17 heavy (non-hydrogen) atoms. The molecule has 0 saturated carbocycles. The molecule has 0 aromatic heterocycles. The molecule has 2 aromatic carbocycles. The van der Waals surface area contributed by atoms with Crippen LogP contribution < -0.4 is 0 Å². The standard InChI is InChI=1S/C15H15BrO/c1-15(17,11-12-7-3-2-4-8-12)13-9-5-6-10-14(13)16/h2-10,17H,11H2,1H3/t15-/m0/s1. The summed E-state index contributed by atoms with van der Waals surface area (Å²) < 4.78 is 0.945. The number of benzene rings is 2. The third-order valence-electron chi connectivity index (χ3n) is 2.85. The van der Waals surface area contributed by atoms with Gasteiger partial charge in [0.25, 0.3) is 0 Å². The predicted molar refractivity (Wildman–Crippen MR) is 73.9 cm³/mol. The van der Waals surface area contributed by atoms with Crippen LogP contribution in [0.2, 0.25) is 0 Å². The molecule has 0 bridgehead atoms. The van der Waals surface area contributed by atoms with Gasteiger partial charge in [0, 0.05) is 10.9 Å². The molecule has 0 radical (unpaired) electrons. The van der Waals surface area contributed by atoms with Crippen molar-refractivity contribution < 1.29 is 5.11 Å². The second-order valence-corrected chi connectivity index (χ2v) is 5.27. The average molecular weight is 291 g/mol. The Kier molecular flexibility index (Phi) is 3.65. The zero-order valence-electron chi connectivity index (χ0n) is 9.73. The molecule has 1 nitrogen and oxygen atoms in total. The highest BCUT2D eigenvalue weighted by atomic mass is 79.9. The quantitative estimate of drug-likeness (QED) is 0.909. The van der Waals surface area contributed by atoms with E-state index in [1.807, 2.05) is 61.5 Å². The van der Waals surface area contributed by atoms with E-state index >= 15 is 0 Å². The van der Waals surface area contributed by atoms with E-state index in [1.165, 1.54) is 0 Å². The number of halogens is 1. The lowest BCUT2D eigenvalue weighted by atomic mass is 9.89. The lowest BCUT2D eigenvalue weighted by Crippen LogP contribution is -2.24. The van der Waals surface area contributed by atoms with Gasteiger partial charge in [-0.15, -0.1) is 0 Å². The van der Waals surface area contributed by atoms with Crippen molar-refractivity contribution in [3.8, 4) is 0 Å².